The molecule has 5 nitrogen and oxygen atoms in total. The van der Waals surface area contributed by atoms with Crippen molar-refractivity contribution in [2.24, 2.45) is 5.41 Å². The van der Waals surface area contributed by atoms with Crippen molar-refractivity contribution >= 4 is 17.2 Å². The van der Waals surface area contributed by atoms with Gasteiger partial charge in [-0.1, -0.05) is 12.2 Å². The van der Waals surface area contributed by atoms with Gasteiger partial charge in [-0.3, -0.25) is 9.69 Å². The van der Waals surface area contributed by atoms with E-state index in [1.807, 2.05) is 10.4 Å². The molecule has 0 atom stereocenters. The smallest absolute Gasteiger partial charge is 0.229 e. The maximum atomic E-state index is 13.1. The summed E-state index contributed by atoms with van der Waals surface area (Å²) in [5, 5.41) is 0. The van der Waals surface area contributed by atoms with Crippen molar-refractivity contribution in [2.45, 2.75) is 32.7 Å². The molecule has 1 aromatic rings. The molecule has 0 aromatic carbocycles. The van der Waals surface area contributed by atoms with Gasteiger partial charge in [-0.15, -0.1) is 11.3 Å². The summed E-state index contributed by atoms with van der Waals surface area (Å²) in [5.41, 5.74) is 2.85. The molecular formula is C18H27N3O2S. The van der Waals surface area contributed by atoms with Crippen molar-refractivity contribution in [1.29, 1.82) is 0 Å². The Balaban J connectivity index is 1.63. The summed E-state index contributed by atoms with van der Waals surface area (Å²) in [4.78, 5) is 23.2. The highest BCUT2D eigenvalue weighted by Gasteiger charge is 2.43. The number of carbonyl (C=O) groups is 1. The summed E-state index contributed by atoms with van der Waals surface area (Å²) >= 11 is 1.73. The Labute approximate surface area is 148 Å². The molecule has 2 aliphatic heterocycles. The van der Waals surface area contributed by atoms with Crippen LogP contribution < -0.4 is 0 Å². The molecule has 3 heterocycles. The van der Waals surface area contributed by atoms with Gasteiger partial charge in [0.2, 0.25) is 5.91 Å². The summed E-state index contributed by atoms with van der Waals surface area (Å²) < 4.78 is 5.17. The van der Waals surface area contributed by atoms with Crippen LogP contribution in [0.1, 0.15) is 29.8 Å². The summed E-state index contributed by atoms with van der Waals surface area (Å²) in [6, 6.07) is 0. The average molecular weight is 350 g/mol. The van der Waals surface area contributed by atoms with Gasteiger partial charge in [-0.25, -0.2) is 4.98 Å². The van der Waals surface area contributed by atoms with E-state index in [2.05, 4.69) is 29.0 Å². The fourth-order valence-corrected chi connectivity index (χ4v) is 4.47. The van der Waals surface area contributed by atoms with Crippen LogP contribution in [0.2, 0.25) is 0 Å². The Morgan fingerprint density at radius 1 is 1.33 bits per heavy atom. The standard InChI is InChI=1S/C18H27N3O2S/c1-15-16(24-14-19-15)13-20-9-6-18(7-10-20)5-3-4-8-21(17(18)22)11-12-23-2/h3-4,14H,5-13H2,1-2H3. The van der Waals surface area contributed by atoms with Gasteiger partial charge in [0.15, 0.2) is 0 Å². The second kappa shape index (κ2) is 7.76. The van der Waals surface area contributed by atoms with Crippen LogP contribution in [0.4, 0.5) is 0 Å². The molecule has 1 saturated heterocycles. The normalized spacial score (nSPS) is 21.4. The quantitative estimate of drug-likeness (QED) is 0.766. The van der Waals surface area contributed by atoms with E-state index in [4.69, 9.17) is 4.74 Å². The lowest BCUT2D eigenvalue weighted by Crippen LogP contribution is -2.50. The molecule has 6 heteroatoms. The number of piperidine rings is 1. The number of aromatic nitrogens is 1. The van der Waals surface area contributed by atoms with E-state index < -0.39 is 0 Å². The first-order valence-corrected chi connectivity index (χ1v) is 9.57. The summed E-state index contributed by atoms with van der Waals surface area (Å²) in [6.45, 7) is 7.00. The van der Waals surface area contributed by atoms with Gasteiger partial charge >= 0.3 is 0 Å². The fraction of sp³-hybridized carbons (Fsp3) is 0.667. The second-order valence-corrected chi connectivity index (χ2v) is 7.78. The lowest BCUT2D eigenvalue weighted by molar-refractivity contribution is -0.144. The molecule has 1 fully saturated rings. The molecule has 0 aliphatic carbocycles. The minimum Gasteiger partial charge on any atom is -0.383 e. The number of methoxy groups -OCH3 is 1. The molecule has 1 aromatic heterocycles. The number of rotatable bonds is 5. The van der Waals surface area contributed by atoms with Gasteiger partial charge in [0, 0.05) is 31.6 Å². The number of carbonyl (C=O) groups excluding carboxylic acids is 1. The van der Waals surface area contributed by atoms with Gasteiger partial charge in [-0.05, 0) is 39.3 Å². The predicted molar refractivity (Wildman–Crippen MR) is 96.0 cm³/mol. The Kier molecular flexibility index (Phi) is 5.69. The van der Waals surface area contributed by atoms with Crippen LogP contribution in [0.25, 0.3) is 0 Å². The van der Waals surface area contributed by atoms with E-state index in [9.17, 15) is 4.79 Å². The summed E-state index contributed by atoms with van der Waals surface area (Å²) in [7, 11) is 1.69. The first kappa shape index (κ1) is 17.6. The van der Waals surface area contributed by atoms with Crippen LogP contribution in [-0.4, -0.2) is 60.6 Å². The number of allylic oxidation sites excluding steroid dienone is 1. The van der Waals surface area contributed by atoms with Gasteiger partial charge < -0.3 is 9.64 Å². The van der Waals surface area contributed by atoms with Crippen LogP contribution in [0, 0.1) is 12.3 Å². The number of hydrogen-bond donors (Lipinski definition) is 0. The van der Waals surface area contributed by atoms with Crippen LogP contribution >= 0.6 is 11.3 Å². The monoisotopic (exact) mass is 349 g/mol. The van der Waals surface area contributed by atoms with E-state index >= 15 is 0 Å². The van der Waals surface area contributed by atoms with Crippen LogP contribution in [0.5, 0.6) is 0 Å². The molecule has 0 unspecified atom stereocenters. The molecule has 0 saturated carbocycles. The number of aryl methyl sites for hydroxylation is 1. The zero-order chi connectivity index (χ0) is 17.0. The zero-order valence-corrected chi connectivity index (χ0v) is 15.5. The Bertz CT molecular complexity index is 591. The Hall–Kier alpha value is -1.24. The SMILES string of the molecule is COCCN1CC=CCC2(CCN(Cc3scnc3C)CC2)C1=O. The van der Waals surface area contributed by atoms with Crippen LogP contribution in [-0.2, 0) is 16.1 Å². The Morgan fingerprint density at radius 3 is 2.79 bits per heavy atom. The maximum absolute atomic E-state index is 13.1. The predicted octanol–water partition coefficient (Wildman–Crippen LogP) is 2.47. The third-order valence-electron chi connectivity index (χ3n) is 5.33. The molecule has 3 rings (SSSR count). The second-order valence-electron chi connectivity index (χ2n) is 6.84. The van der Waals surface area contributed by atoms with Crippen molar-refractivity contribution in [3.05, 3.63) is 28.2 Å². The topological polar surface area (TPSA) is 45.7 Å². The third-order valence-corrected chi connectivity index (χ3v) is 6.25. The largest absolute Gasteiger partial charge is 0.383 e. The van der Waals surface area contributed by atoms with Crippen molar-refractivity contribution in [3.63, 3.8) is 0 Å². The van der Waals surface area contributed by atoms with E-state index in [1.165, 1.54) is 4.88 Å². The number of amides is 1. The molecule has 0 N–H and O–H groups in total. The number of hydrogen-bond acceptors (Lipinski definition) is 5. The minimum absolute atomic E-state index is 0.208. The van der Waals surface area contributed by atoms with E-state index in [1.54, 1.807) is 18.4 Å². The molecule has 2 aliphatic rings. The fourth-order valence-electron chi connectivity index (χ4n) is 3.65. The van der Waals surface area contributed by atoms with Crippen molar-refractivity contribution in [1.82, 2.24) is 14.8 Å². The van der Waals surface area contributed by atoms with Crippen molar-refractivity contribution in [2.75, 3.05) is 39.9 Å². The molecule has 0 bridgehead atoms. The average Bonchev–Trinajstić information content (AvgIpc) is 2.93. The third kappa shape index (κ3) is 3.71. The van der Waals surface area contributed by atoms with Crippen molar-refractivity contribution in [3.8, 4) is 0 Å². The lowest BCUT2D eigenvalue weighted by atomic mass is 9.74. The lowest BCUT2D eigenvalue weighted by Gasteiger charge is -2.41. The van der Waals surface area contributed by atoms with Gasteiger partial charge in [0.05, 0.1) is 23.2 Å². The van der Waals surface area contributed by atoms with Gasteiger partial charge in [-0.2, -0.15) is 0 Å². The highest BCUT2D eigenvalue weighted by Crippen LogP contribution is 2.39. The Morgan fingerprint density at radius 2 is 2.12 bits per heavy atom. The zero-order valence-electron chi connectivity index (χ0n) is 14.7. The molecule has 132 valence electrons. The summed E-state index contributed by atoms with van der Waals surface area (Å²) in [6.07, 6.45) is 7.10. The van der Waals surface area contributed by atoms with Gasteiger partial charge in [0.1, 0.15) is 0 Å². The number of ether oxygens (including phenoxy) is 1. The van der Waals surface area contributed by atoms with Crippen molar-refractivity contribution < 1.29 is 9.53 Å². The number of thiazole rings is 1. The van der Waals surface area contributed by atoms with E-state index in [0.29, 0.717) is 25.6 Å². The number of nitrogens with zero attached hydrogens (tertiary/aromatic N) is 3. The maximum Gasteiger partial charge on any atom is 0.229 e. The summed E-state index contributed by atoms with van der Waals surface area (Å²) in [5.74, 6) is 0.318. The number of likely N-dealkylation sites (tertiary alicyclic amines) is 1. The first-order chi connectivity index (χ1) is 11.6. The van der Waals surface area contributed by atoms with Crippen LogP contribution in [0.15, 0.2) is 17.7 Å². The van der Waals surface area contributed by atoms with E-state index in [0.717, 1.165) is 44.6 Å². The van der Waals surface area contributed by atoms with Gasteiger partial charge in [0.25, 0.3) is 0 Å². The van der Waals surface area contributed by atoms with E-state index in [-0.39, 0.29) is 5.41 Å². The highest BCUT2D eigenvalue weighted by molar-refractivity contribution is 7.09. The first-order valence-electron chi connectivity index (χ1n) is 8.69. The highest BCUT2D eigenvalue weighted by atomic mass is 32.1. The molecule has 1 amide bonds. The minimum atomic E-state index is -0.208. The van der Waals surface area contributed by atoms with Crippen LogP contribution in [0.3, 0.4) is 0 Å². The molecular weight excluding hydrogens is 322 g/mol. The molecule has 0 radical (unpaired) electrons. The molecule has 1 spiro atoms. The molecule has 24 heavy (non-hydrogen) atoms.